The number of methoxy groups -OCH3 is 1. The number of hydrogen-bond donors (Lipinski definition) is 9. The number of aliphatic imine (C=N–C) groups is 3. The fourth-order valence-corrected chi connectivity index (χ4v) is 14.3. The van der Waals surface area contributed by atoms with Crippen molar-refractivity contribution in [2.24, 2.45) is 15.0 Å². The van der Waals surface area contributed by atoms with Gasteiger partial charge in [0.25, 0.3) is 5.91 Å². The van der Waals surface area contributed by atoms with Crippen LogP contribution in [-0.2, 0) is 48.0 Å². The number of aromatic hydroxyl groups is 3. The summed E-state index contributed by atoms with van der Waals surface area (Å²) in [7, 11) is 4.75. The van der Waals surface area contributed by atoms with E-state index < -0.39 is 17.9 Å². The highest BCUT2D eigenvalue weighted by Crippen LogP contribution is 2.40. The molecule has 0 bridgehead atoms. The first-order valence-electron chi connectivity index (χ1n) is 36.4. The Kier molecular flexibility index (Phi) is 22.7. The summed E-state index contributed by atoms with van der Waals surface area (Å²) in [6, 6.07) is 59.1. The van der Waals surface area contributed by atoms with Gasteiger partial charge in [-0.05, 0) is 141 Å². The fraction of sp³-hybridized carbons (Fsp3) is 0.184. The number of H-pyrrole nitrogens is 3. The summed E-state index contributed by atoms with van der Waals surface area (Å²) in [5, 5.41) is 62.6. The van der Waals surface area contributed by atoms with Gasteiger partial charge in [0.05, 0.1) is 67.6 Å². The Balaban J connectivity index is 0.000000148. The lowest BCUT2D eigenvalue weighted by Crippen LogP contribution is -2.37. The average molecular weight is 1520 g/mol. The molecule has 572 valence electrons. The summed E-state index contributed by atoms with van der Waals surface area (Å²) in [6.45, 7) is 6.52. The van der Waals surface area contributed by atoms with E-state index in [0.29, 0.717) is 136 Å². The second-order valence-corrected chi connectivity index (χ2v) is 27.2. The SMILES string of the molecule is CCN(CC)C(=O)CC(=O)N1CCc2cc(N=C(c3ccccc3)c3c(O)[nH]c4cc(C(=O)O)ccc34)ccc21.CN(C)C(=O)CC(=O)N1CCc2cc(N=C(c3ccccc3)c3c(O)[nH]c4cc(C(=O)O)ccc34)ccc21.COCC(=O)N1CCc2cc(N=C(c3ccccc3)c3c(O)[nH]c4cc(C(=O)O)ccc34)ccc21. The Morgan fingerprint density at radius 2 is 0.708 bits per heavy atom. The molecular weight excluding hydrogens is 1440 g/mol. The summed E-state index contributed by atoms with van der Waals surface area (Å²) in [4.78, 5) is 128. The van der Waals surface area contributed by atoms with Gasteiger partial charge in [-0.15, -0.1) is 0 Å². The van der Waals surface area contributed by atoms with Crippen LogP contribution in [0.4, 0.5) is 34.1 Å². The number of aromatic nitrogens is 3. The van der Waals surface area contributed by atoms with Crippen LogP contribution in [0.1, 0.15) is 108 Å². The van der Waals surface area contributed by atoms with E-state index in [0.717, 1.165) is 50.4 Å². The second-order valence-electron chi connectivity index (χ2n) is 27.2. The van der Waals surface area contributed by atoms with E-state index in [1.807, 2.05) is 153 Å². The Morgan fingerprint density at radius 3 is 1.00 bits per heavy atom. The number of aromatic amines is 3. The van der Waals surface area contributed by atoms with Crippen molar-refractivity contribution in [3.63, 3.8) is 0 Å². The van der Waals surface area contributed by atoms with E-state index in [2.05, 4.69) is 15.0 Å². The molecule has 0 fully saturated rings. The zero-order valence-corrected chi connectivity index (χ0v) is 62.3. The first-order valence-corrected chi connectivity index (χ1v) is 36.4. The van der Waals surface area contributed by atoms with Crippen LogP contribution in [0, 0.1) is 0 Å². The highest BCUT2D eigenvalue weighted by molar-refractivity contribution is 6.24. The standard InChI is InChI=1S/C31H30N4O5.C29H26N4O5.C27H23N3O5/c1-3-34(4-2)26(36)18-27(37)35-15-14-20-16-22(11-13-25(20)35)32-29(19-8-6-5-7-9-19)28-23-12-10-21(31(39)40)17-24(23)33-30(28)38;1-32(2)24(34)16-25(35)33-13-12-18-14-20(9-11-23(18)33)30-27(17-6-4-3-5-7-17)26-21-10-8-19(29(37)38)15-22(21)31-28(26)36;1-35-15-23(31)30-12-11-17-13-19(8-10-22(17)30)28-25(16-5-3-2-4-6-16)24-20-9-7-18(27(33)34)14-21(20)29-26(24)32/h5-13,16-17,33,38H,3-4,14-15,18H2,1-2H3,(H,39,40);3-11,14-15,31,36H,12-13,16H2,1-2H3,(H,37,38);2-10,13-14,29,32H,11-12,15H2,1H3,(H,33,34). The molecule has 0 saturated carbocycles. The number of fused-ring (bicyclic) bond motifs is 6. The summed E-state index contributed by atoms with van der Waals surface area (Å²) in [6.07, 6.45) is 1.64. The maximum atomic E-state index is 13.0. The number of carboxylic acids is 3. The van der Waals surface area contributed by atoms with E-state index >= 15 is 0 Å². The zero-order valence-electron chi connectivity index (χ0n) is 62.3. The molecule has 3 aliphatic rings. The van der Waals surface area contributed by atoms with Crippen LogP contribution >= 0.6 is 0 Å². The van der Waals surface area contributed by atoms with Gasteiger partial charge < -0.3 is 74.8 Å². The number of ether oxygens (including phenoxy) is 1. The van der Waals surface area contributed by atoms with E-state index in [4.69, 9.17) is 19.7 Å². The van der Waals surface area contributed by atoms with Gasteiger partial charge in [0.2, 0.25) is 23.6 Å². The molecule has 0 unspecified atom stereocenters. The van der Waals surface area contributed by atoms with Crippen molar-refractivity contribution in [2.75, 3.05) is 75.2 Å². The van der Waals surface area contributed by atoms with Crippen molar-refractivity contribution in [3.8, 4) is 17.6 Å². The lowest BCUT2D eigenvalue weighted by Gasteiger charge is -2.21. The van der Waals surface area contributed by atoms with Crippen LogP contribution in [0.5, 0.6) is 17.6 Å². The molecule has 0 aliphatic carbocycles. The van der Waals surface area contributed by atoms with Crippen LogP contribution in [0.2, 0.25) is 0 Å². The van der Waals surface area contributed by atoms with Crippen molar-refractivity contribution in [1.29, 1.82) is 0 Å². The van der Waals surface area contributed by atoms with Gasteiger partial charge in [-0.25, -0.2) is 29.4 Å². The van der Waals surface area contributed by atoms with E-state index in [-0.39, 0.29) is 83.3 Å². The molecule has 9 aromatic carbocycles. The third-order valence-electron chi connectivity index (χ3n) is 19.9. The van der Waals surface area contributed by atoms with Gasteiger partial charge in [0.15, 0.2) is 17.6 Å². The lowest BCUT2D eigenvalue weighted by atomic mass is 10.00. The summed E-state index contributed by atoms with van der Waals surface area (Å²) in [5.41, 5.74) is 14.4. The number of rotatable bonds is 20. The van der Waals surface area contributed by atoms with Crippen molar-refractivity contribution < 1.29 is 73.7 Å². The monoisotopic (exact) mass is 1520 g/mol. The molecular formula is C87H79N11O15. The summed E-state index contributed by atoms with van der Waals surface area (Å²) in [5.74, 6) is -4.46. The second kappa shape index (κ2) is 33.3. The molecule has 5 amide bonds. The van der Waals surface area contributed by atoms with E-state index in [1.54, 1.807) is 58.0 Å². The van der Waals surface area contributed by atoms with Crippen molar-refractivity contribution >= 4 is 131 Å². The molecule has 3 aromatic heterocycles. The number of anilines is 3. The van der Waals surface area contributed by atoms with E-state index in [9.17, 15) is 69.0 Å². The highest BCUT2D eigenvalue weighted by atomic mass is 16.5. The minimum absolute atomic E-state index is 0.0287. The third-order valence-corrected chi connectivity index (χ3v) is 19.9. The number of carbonyl (C=O) groups excluding carboxylic acids is 5. The molecule has 113 heavy (non-hydrogen) atoms. The first kappa shape index (κ1) is 76.9. The lowest BCUT2D eigenvalue weighted by molar-refractivity contribution is -0.135. The molecule has 12 aromatic rings. The Labute approximate surface area is 647 Å². The van der Waals surface area contributed by atoms with Gasteiger partial charge in [-0.1, -0.05) is 109 Å². The van der Waals surface area contributed by atoms with Gasteiger partial charge in [0, 0.05) is 120 Å². The van der Waals surface area contributed by atoms with E-state index in [1.165, 1.54) is 48.4 Å². The number of carboxylic acid groups (broad SMARTS) is 3. The molecule has 26 heteroatoms. The molecule has 0 spiro atoms. The van der Waals surface area contributed by atoms with Crippen molar-refractivity contribution in [3.05, 3.63) is 267 Å². The number of amides is 5. The fourth-order valence-electron chi connectivity index (χ4n) is 14.3. The van der Waals surface area contributed by atoms with Crippen LogP contribution in [-0.4, -0.2) is 181 Å². The minimum Gasteiger partial charge on any atom is -0.494 e. The quantitative estimate of drug-likeness (QED) is 0.0253. The predicted molar refractivity (Wildman–Crippen MR) is 431 cm³/mol. The van der Waals surface area contributed by atoms with Gasteiger partial charge in [-0.2, -0.15) is 0 Å². The Bertz CT molecular complexity index is 5840. The topological polar surface area (TPSA) is 368 Å². The molecule has 0 atom stereocenters. The van der Waals surface area contributed by atoms with Crippen molar-refractivity contribution in [1.82, 2.24) is 24.8 Å². The maximum Gasteiger partial charge on any atom is 0.335 e. The largest absolute Gasteiger partial charge is 0.494 e. The first-order chi connectivity index (χ1) is 54.5. The summed E-state index contributed by atoms with van der Waals surface area (Å²) >= 11 is 0. The third kappa shape index (κ3) is 16.4. The number of nitrogens with one attached hydrogen (secondary N) is 3. The number of carbonyl (C=O) groups is 8. The molecule has 0 radical (unpaired) electrons. The van der Waals surface area contributed by atoms with Gasteiger partial charge >= 0.3 is 17.9 Å². The highest BCUT2D eigenvalue weighted by Gasteiger charge is 2.32. The molecule has 15 rings (SSSR count). The number of aromatic carboxylic acids is 3. The normalized spacial score (nSPS) is 13.1. The van der Waals surface area contributed by atoms with Crippen LogP contribution < -0.4 is 14.7 Å². The molecule has 9 N–H and O–H groups in total. The number of benzene rings is 9. The number of nitrogens with zero attached hydrogens (tertiary/aromatic N) is 8. The molecule has 26 nitrogen and oxygen atoms in total. The van der Waals surface area contributed by atoms with Gasteiger partial charge in [0.1, 0.15) is 19.4 Å². The molecule has 3 aliphatic heterocycles. The van der Waals surface area contributed by atoms with Crippen LogP contribution in [0.3, 0.4) is 0 Å². The maximum absolute atomic E-state index is 13.0. The summed E-state index contributed by atoms with van der Waals surface area (Å²) < 4.78 is 4.99. The Morgan fingerprint density at radius 1 is 0.398 bits per heavy atom. The Hall–Kier alpha value is -14.3. The van der Waals surface area contributed by atoms with Crippen LogP contribution in [0.25, 0.3) is 32.7 Å². The predicted octanol–water partition coefficient (Wildman–Crippen LogP) is 13.3. The van der Waals surface area contributed by atoms with Crippen LogP contribution in [0.15, 0.2) is 215 Å². The smallest absolute Gasteiger partial charge is 0.335 e. The zero-order chi connectivity index (χ0) is 79.9. The molecule has 0 saturated heterocycles. The molecule has 6 heterocycles. The van der Waals surface area contributed by atoms with Crippen molar-refractivity contribution in [2.45, 2.75) is 46.0 Å². The van der Waals surface area contributed by atoms with Gasteiger partial charge in [-0.3, -0.25) is 24.0 Å². The average Bonchev–Trinajstić information content (AvgIpc) is 1.64. The number of hydrogen-bond acceptors (Lipinski definition) is 15. The minimum atomic E-state index is -1.06.